The quantitative estimate of drug-likeness (QED) is 0.802. The summed E-state index contributed by atoms with van der Waals surface area (Å²) in [5, 5.41) is 9.66. The number of nitrogens with zero attached hydrogens (tertiary/aromatic N) is 1. The van der Waals surface area contributed by atoms with Crippen molar-refractivity contribution in [3.63, 3.8) is 0 Å². The highest BCUT2D eigenvalue weighted by molar-refractivity contribution is 5.79. The lowest BCUT2D eigenvalue weighted by Crippen LogP contribution is -2.70. The molecule has 1 aliphatic heterocycles. The number of rotatable bonds is 2. The highest BCUT2D eigenvalue weighted by Gasteiger charge is 2.57. The van der Waals surface area contributed by atoms with Crippen molar-refractivity contribution in [2.75, 3.05) is 13.1 Å². The first kappa shape index (κ1) is 11.5. The van der Waals surface area contributed by atoms with Crippen molar-refractivity contribution in [1.82, 2.24) is 4.90 Å². The van der Waals surface area contributed by atoms with Gasteiger partial charge in [-0.15, -0.1) is 0 Å². The molecular formula is C14H23NO2. The molecule has 0 radical (unpaired) electrons. The molecule has 0 aromatic heterocycles. The molecule has 0 aromatic rings. The fourth-order valence-corrected chi connectivity index (χ4v) is 4.20. The minimum absolute atomic E-state index is 0.515. The Balaban J connectivity index is 1.74. The van der Waals surface area contributed by atoms with Crippen LogP contribution in [0.2, 0.25) is 0 Å². The summed E-state index contributed by atoms with van der Waals surface area (Å²) in [7, 11) is 0. The zero-order chi connectivity index (χ0) is 12.1. The third-order valence-corrected chi connectivity index (χ3v) is 5.44. The fourth-order valence-electron chi connectivity index (χ4n) is 4.20. The largest absolute Gasteiger partial charge is 0.480 e. The van der Waals surface area contributed by atoms with Crippen molar-refractivity contribution in [2.45, 2.75) is 57.4 Å². The molecule has 2 aliphatic carbocycles. The summed E-state index contributed by atoms with van der Waals surface area (Å²) in [6.45, 7) is 4.30. The van der Waals surface area contributed by atoms with Crippen LogP contribution >= 0.6 is 0 Å². The van der Waals surface area contributed by atoms with Crippen molar-refractivity contribution in [1.29, 1.82) is 0 Å². The van der Waals surface area contributed by atoms with Crippen LogP contribution in [0.15, 0.2) is 0 Å². The summed E-state index contributed by atoms with van der Waals surface area (Å²) in [5.41, 5.74) is 0.0155. The maximum absolute atomic E-state index is 11.7. The average molecular weight is 237 g/mol. The Morgan fingerprint density at radius 1 is 1.24 bits per heavy atom. The number of likely N-dealkylation sites (tertiary alicyclic amines) is 1. The van der Waals surface area contributed by atoms with Crippen molar-refractivity contribution in [2.24, 2.45) is 11.3 Å². The Morgan fingerprint density at radius 3 is 2.41 bits per heavy atom. The third-order valence-electron chi connectivity index (χ3n) is 5.44. The van der Waals surface area contributed by atoms with E-state index >= 15 is 0 Å². The average Bonchev–Trinajstić information content (AvgIpc) is 2.12. The number of aliphatic carboxylic acids is 1. The Hall–Kier alpha value is -0.570. The number of hydrogen-bond acceptors (Lipinski definition) is 2. The molecular weight excluding hydrogens is 214 g/mol. The zero-order valence-electron chi connectivity index (χ0n) is 10.7. The van der Waals surface area contributed by atoms with Gasteiger partial charge in [0, 0.05) is 13.1 Å². The number of carboxylic acid groups (broad SMARTS) is 1. The minimum Gasteiger partial charge on any atom is -0.480 e. The van der Waals surface area contributed by atoms with E-state index in [2.05, 4.69) is 11.8 Å². The molecule has 0 bridgehead atoms. The SMILES string of the molecule is CC1CCCC(C(=O)O)(N2CC3(CCC3)C2)C1. The summed E-state index contributed by atoms with van der Waals surface area (Å²) in [5.74, 6) is -0.00369. The van der Waals surface area contributed by atoms with E-state index in [9.17, 15) is 9.90 Å². The first-order valence-corrected chi connectivity index (χ1v) is 7.05. The lowest BCUT2D eigenvalue weighted by atomic mass is 9.60. The predicted molar refractivity (Wildman–Crippen MR) is 65.9 cm³/mol. The maximum atomic E-state index is 11.7. The molecule has 1 N–H and O–H groups in total. The molecule has 2 atom stereocenters. The monoisotopic (exact) mass is 237 g/mol. The van der Waals surface area contributed by atoms with E-state index in [1.54, 1.807) is 0 Å². The lowest BCUT2D eigenvalue weighted by Gasteiger charge is -2.62. The molecule has 3 rings (SSSR count). The normalized spacial score (nSPS) is 40.6. The summed E-state index contributed by atoms with van der Waals surface area (Å²) >= 11 is 0. The predicted octanol–water partition coefficient (Wildman–Crippen LogP) is 2.51. The van der Waals surface area contributed by atoms with Crippen LogP contribution in [0, 0.1) is 11.3 Å². The van der Waals surface area contributed by atoms with Gasteiger partial charge < -0.3 is 5.11 Å². The van der Waals surface area contributed by atoms with E-state index in [4.69, 9.17) is 0 Å². The molecule has 1 spiro atoms. The Kier molecular flexibility index (Phi) is 2.51. The molecule has 3 nitrogen and oxygen atoms in total. The van der Waals surface area contributed by atoms with Gasteiger partial charge in [-0.25, -0.2) is 0 Å². The van der Waals surface area contributed by atoms with Crippen LogP contribution in [0.4, 0.5) is 0 Å². The summed E-state index contributed by atoms with van der Waals surface area (Å²) in [6.07, 6.45) is 8.01. The molecule has 1 saturated heterocycles. The maximum Gasteiger partial charge on any atom is 0.324 e. The second kappa shape index (κ2) is 3.71. The van der Waals surface area contributed by atoms with Crippen LogP contribution in [0.3, 0.4) is 0 Å². The molecule has 17 heavy (non-hydrogen) atoms. The van der Waals surface area contributed by atoms with Gasteiger partial charge >= 0.3 is 5.97 Å². The lowest BCUT2D eigenvalue weighted by molar-refractivity contribution is -0.177. The Bertz CT molecular complexity index is 329. The van der Waals surface area contributed by atoms with Crippen LogP contribution in [-0.2, 0) is 4.79 Å². The van der Waals surface area contributed by atoms with E-state index in [-0.39, 0.29) is 0 Å². The molecule has 3 aliphatic rings. The van der Waals surface area contributed by atoms with Crippen LogP contribution in [0.5, 0.6) is 0 Å². The molecule has 3 heteroatoms. The van der Waals surface area contributed by atoms with Gasteiger partial charge in [0.2, 0.25) is 0 Å². The number of carbonyl (C=O) groups is 1. The molecule has 3 fully saturated rings. The van der Waals surface area contributed by atoms with E-state index in [0.717, 1.165) is 32.4 Å². The van der Waals surface area contributed by atoms with Crippen molar-refractivity contribution in [3.05, 3.63) is 0 Å². The van der Waals surface area contributed by atoms with Crippen molar-refractivity contribution >= 4 is 5.97 Å². The highest BCUT2D eigenvalue weighted by atomic mass is 16.4. The van der Waals surface area contributed by atoms with E-state index < -0.39 is 11.5 Å². The van der Waals surface area contributed by atoms with Gasteiger partial charge in [-0.05, 0) is 37.0 Å². The van der Waals surface area contributed by atoms with Gasteiger partial charge in [0.1, 0.15) is 5.54 Å². The smallest absolute Gasteiger partial charge is 0.324 e. The molecule has 2 unspecified atom stereocenters. The Labute approximate surface area is 103 Å². The fraction of sp³-hybridized carbons (Fsp3) is 0.929. The first-order valence-electron chi connectivity index (χ1n) is 7.05. The first-order chi connectivity index (χ1) is 8.06. The second-order valence-corrected chi connectivity index (χ2v) is 6.75. The van der Waals surface area contributed by atoms with Crippen LogP contribution in [-0.4, -0.2) is 34.6 Å². The summed E-state index contributed by atoms with van der Waals surface area (Å²) in [6, 6.07) is 0. The number of carboxylic acids is 1. The minimum atomic E-state index is -0.571. The van der Waals surface area contributed by atoms with Gasteiger partial charge in [-0.2, -0.15) is 0 Å². The Morgan fingerprint density at radius 2 is 1.94 bits per heavy atom. The molecule has 1 heterocycles. The topological polar surface area (TPSA) is 40.5 Å². The zero-order valence-corrected chi connectivity index (χ0v) is 10.7. The van der Waals surface area contributed by atoms with E-state index in [1.807, 2.05) is 0 Å². The van der Waals surface area contributed by atoms with Gasteiger partial charge in [-0.1, -0.05) is 26.2 Å². The summed E-state index contributed by atoms with van der Waals surface area (Å²) < 4.78 is 0. The van der Waals surface area contributed by atoms with Crippen LogP contribution < -0.4 is 0 Å². The molecule has 2 saturated carbocycles. The molecule has 0 aromatic carbocycles. The van der Waals surface area contributed by atoms with E-state index in [1.165, 1.54) is 25.7 Å². The van der Waals surface area contributed by atoms with Crippen LogP contribution in [0.1, 0.15) is 51.9 Å². The standard InChI is InChI=1S/C14H23NO2/c1-11-4-2-7-14(8-11,12(16)17)15-9-13(10-15)5-3-6-13/h11H,2-10H2,1H3,(H,16,17). The van der Waals surface area contributed by atoms with Crippen molar-refractivity contribution < 1.29 is 9.90 Å². The second-order valence-electron chi connectivity index (χ2n) is 6.75. The third kappa shape index (κ3) is 1.62. The van der Waals surface area contributed by atoms with E-state index in [0.29, 0.717) is 11.3 Å². The van der Waals surface area contributed by atoms with Gasteiger partial charge in [0.25, 0.3) is 0 Å². The van der Waals surface area contributed by atoms with Crippen LogP contribution in [0.25, 0.3) is 0 Å². The van der Waals surface area contributed by atoms with Crippen molar-refractivity contribution in [3.8, 4) is 0 Å². The molecule has 96 valence electrons. The highest BCUT2D eigenvalue weighted by Crippen LogP contribution is 2.52. The van der Waals surface area contributed by atoms with Gasteiger partial charge in [0.15, 0.2) is 0 Å². The number of hydrogen-bond donors (Lipinski definition) is 1. The molecule has 0 amide bonds. The van der Waals surface area contributed by atoms with Gasteiger partial charge in [0.05, 0.1) is 0 Å². The summed E-state index contributed by atoms with van der Waals surface area (Å²) in [4.78, 5) is 14.0. The van der Waals surface area contributed by atoms with Gasteiger partial charge in [-0.3, -0.25) is 9.69 Å².